The van der Waals surface area contributed by atoms with Crippen molar-refractivity contribution in [3.63, 3.8) is 0 Å². The number of nitrogens with one attached hydrogen (secondary N) is 1. The lowest BCUT2D eigenvalue weighted by molar-refractivity contribution is 0.0598. The number of carboxylic acids is 1. The van der Waals surface area contributed by atoms with E-state index in [9.17, 15) is 14.0 Å². The number of fused-ring (bicyclic) bond motifs is 1. The number of halogens is 1. The SMILES string of the molecule is COC(=O)c1c(F)ccc2[nH]nc(C(=O)O)c12. The number of nitrogens with zero attached hydrogens (tertiary/aromatic N) is 1. The first kappa shape index (κ1) is 11.1. The molecule has 0 saturated carbocycles. The van der Waals surface area contributed by atoms with Crippen LogP contribution in [0.15, 0.2) is 12.1 Å². The van der Waals surface area contributed by atoms with Gasteiger partial charge in [0.05, 0.1) is 18.0 Å². The Balaban J connectivity index is 2.87. The van der Waals surface area contributed by atoms with Crippen LogP contribution in [0.2, 0.25) is 0 Å². The van der Waals surface area contributed by atoms with E-state index in [4.69, 9.17) is 5.11 Å². The molecular formula is C10H7FN2O4. The number of esters is 1. The van der Waals surface area contributed by atoms with E-state index < -0.39 is 29.0 Å². The third kappa shape index (κ3) is 1.61. The van der Waals surface area contributed by atoms with Gasteiger partial charge in [0.2, 0.25) is 0 Å². The van der Waals surface area contributed by atoms with Crippen LogP contribution in [0.4, 0.5) is 4.39 Å². The Bertz CT molecular complexity index is 620. The number of ether oxygens (including phenoxy) is 1. The molecule has 17 heavy (non-hydrogen) atoms. The van der Waals surface area contributed by atoms with E-state index in [1.165, 1.54) is 6.07 Å². The van der Waals surface area contributed by atoms with Crippen molar-refractivity contribution in [2.75, 3.05) is 7.11 Å². The monoisotopic (exact) mass is 238 g/mol. The minimum absolute atomic E-state index is 0.0932. The molecule has 2 N–H and O–H groups in total. The standard InChI is InChI=1S/C10H7FN2O4/c1-17-10(16)6-4(11)2-3-5-7(6)8(9(14)15)13-12-5/h2-3H,1H3,(H,12,13)(H,14,15). The molecule has 6 nitrogen and oxygen atoms in total. The van der Waals surface area contributed by atoms with Gasteiger partial charge in [0.25, 0.3) is 0 Å². The Labute approximate surface area is 94.0 Å². The Morgan fingerprint density at radius 3 is 2.76 bits per heavy atom. The van der Waals surface area contributed by atoms with Crippen molar-refractivity contribution in [2.45, 2.75) is 0 Å². The number of aromatic nitrogens is 2. The molecule has 1 aromatic heterocycles. The maximum atomic E-state index is 13.5. The first-order chi connectivity index (χ1) is 8.06. The second kappa shape index (κ2) is 3.85. The second-order valence-corrected chi connectivity index (χ2v) is 3.21. The van der Waals surface area contributed by atoms with Gasteiger partial charge < -0.3 is 9.84 Å². The van der Waals surface area contributed by atoms with E-state index in [2.05, 4.69) is 14.9 Å². The van der Waals surface area contributed by atoms with Crippen molar-refractivity contribution in [2.24, 2.45) is 0 Å². The molecule has 0 aliphatic carbocycles. The molecule has 7 heteroatoms. The van der Waals surface area contributed by atoms with Crippen LogP contribution in [0.5, 0.6) is 0 Å². The predicted octanol–water partition coefficient (Wildman–Crippen LogP) is 1.19. The number of aromatic amines is 1. The molecule has 0 aliphatic heterocycles. The number of H-pyrrole nitrogens is 1. The second-order valence-electron chi connectivity index (χ2n) is 3.21. The Kier molecular flexibility index (Phi) is 2.51. The van der Waals surface area contributed by atoms with Crippen LogP contribution in [-0.4, -0.2) is 34.4 Å². The van der Waals surface area contributed by atoms with E-state index in [1.807, 2.05) is 0 Å². The predicted molar refractivity (Wildman–Crippen MR) is 54.4 cm³/mol. The van der Waals surface area contributed by atoms with Gasteiger partial charge in [-0.15, -0.1) is 0 Å². The maximum Gasteiger partial charge on any atom is 0.357 e. The average molecular weight is 238 g/mol. The van der Waals surface area contributed by atoms with E-state index in [-0.39, 0.29) is 10.9 Å². The summed E-state index contributed by atoms with van der Waals surface area (Å²) in [5, 5.41) is 14.7. The van der Waals surface area contributed by atoms with Gasteiger partial charge in [-0.05, 0) is 12.1 Å². The topological polar surface area (TPSA) is 92.3 Å². The number of carboxylic acid groups (broad SMARTS) is 1. The minimum atomic E-state index is -1.35. The summed E-state index contributed by atoms with van der Waals surface area (Å²) in [6.45, 7) is 0. The highest BCUT2D eigenvalue weighted by Crippen LogP contribution is 2.24. The molecule has 2 rings (SSSR count). The van der Waals surface area contributed by atoms with Crippen LogP contribution in [0, 0.1) is 5.82 Å². The highest BCUT2D eigenvalue weighted by atomic mass is 19.1. The zero-order valence-electron chi connectivity index (χ0n) is 8.65. The molecule has 0 radical (unpaired) electrons. The number of hydrogen-bond acceptors (Lipinski definition) is 4. The van der Waals surface area contributed by atoms with Gasteiger partial charge >= 0.3 is 11.9 Å². The van der Waals surface area contributed by atoms with Gasteiger partial charge in [0, 0.05) is 0 Å². The molecule has 1 aromatic carbocycles. The summed E-state index contributed by atoms with van der Waals surface area (Å²) >= 11 is 0. The largest absolute Gasteiger partial charge is 0.476 e. The van der Waals surface area contributed by atoms with E-state index in [0.717, 1.165) is 13.2 Å². The number of carbonyl (C=O) groups is 2. The number of methoxy groups -OCH3 is 1. The molecule has 0 fully saturated rings. The van der Waals surface area contributed by atoms with Crippen LogP contribution < -0.4 is 0 Å². The minimum Gasteiger partial charge on any atom is -0.476 e. The molecule has 0 aliphatic rings. The lowest BCUT2D eigenvalue weighted by atomic mass is 10.1. The fraction of sp³-hybridized carbons (Fsp3) is 0.100. The van der Waals surface area contributed by atoms with Gasteiger partial charge in [-0.3, -0.25) is 5.10 Å². The zero-order valence-corrected chi connectivity index (χ0v) is 8.65. The molecule has 0 bridgehead atoms. The van der Waals surface area contributed by atoms with E-state index in [1.54, 1.807) is 0 Å². The lowest BCUT2D eigenvalue weighted by Gasteiger charge is -2.02. The Morgan fingerprint density at radius 1 is 1.47 bits per heavy atom. The summed E-state index contributed by atoms with van der Waals surface area (Å²) in [7, 11) is 1.08. The summed E-state index contributed by atoms with van der Waals surface area (Å²) in [5.74, 6) is -3.16. The van der Waals surface area contributed by atoms with Crippen molar-refractivity contribution < 1.29 is 23.8 Å². The zero-order chi connectivity index (χ0) is 12.6. The molecule has 1 heterocycles. The molecule has 0 amide bonds. The molecular weight excluding hydrogens is 231 g/mol. The fourth-order valence-electron chi connectivity index (χ4n) is 1.54. The van der Waals surface area contributed by atoms with Gasteiger partial charge in [-0.1, -0.05) is 0 Å². The van der Waals surface area contributed by atoms with Crippen LogP contribution in [0.1, 0.15) is 20.8 Å². The quantitative estimate of drug-likeness (QED) is 0.766. The van der Waals surface area contributed by atoms with Crippen LogP contribution in [0.25, 0.3) is 10.9 Å². The number of carbonyl (C=O) groups excluding carboxylic acids is 1. The molecule has 88 valence electrons. The van der Waals surface area contributed by atoms with Crippen LogP contribution >= 0.6 is 0 Å². The number of rotatable bonds is 2. The third-order valence-corrected chi connectivity index (χ3v) is 2.27. The van der Waals surface area contributed by atoms with Crippen molar-refractivity contribution in [3.8, 4) is 0 Å². The Hall–Kier alpha value is -2.44. The first-order valence-electron chi connectivity index (χ1n) is 4.54. The molecule has 2 aromatic rings. The number of aromatic carboxylic acids is 1. The Morgan fingerprint density at radius 2 is 2.18 bits per heavy atom. The summed E-state index contributed by atoms with van der Waals surface area (Å²) in [6.07, 6.45) is 0. The van der Waals surface area contributed by atoms with Crippen molar-refractivity contribution in [1.29, 1.82) is 0 Å². The van der Waals surface area contributed by atoms with E-state index >= 15 is 0 Å². The van der Waals surface area contributed by atoms with E-state index in [0.29, 0.717) is 0 Å². The third-order valence-electron chi connectivity index (χ3n) is 2.27. The van der Waals surface area contributed by atoms with Gasteiger partial charge in [0.15, 0.2) is 5.69 Å². The number of hydrogen-bond donors (Lipinski definition) is 2. The smallest absolute Gasteiger partial charge is 0.357 e. The highest BCUT2D eigenvalue weighted by Gasteiger charge is 2.23. The summed E-state index contributed by atoms with van der Waals surface area (Å²) < 4.78 is 18.0. The highest BCUT2D eigenvalue weighted by molar-refractivity contribution is 6.11. The maximum absolute atomic E-state index is 13.5. The van der Waals surface area contributed by atoms with Crippen molar-refractivity contribution in [1.82, 2.24) is 10.2 Å². The summed E-state index contributed by atoms with van der Waals surface area (Å²) in [4.78, 5) is 22.3. The molecule has 0 spiro atoms. The average Bonchev–Trinajstić information content (AvgIpc) is 2.71. The summed E-state index contributed by atoms with van der Waals surface area (Å²) in [6, 6.07) is 2.34. The molecule has 0 saturated heterocycles. The first-order valence-corrected chi connectivity index (χ1v) is 4.54. The van der Waals surface area contributed by atoms with Crippen LogP contribution in [0.3, 0.4) is 0 Å². The van der Waals surface area contributed by atoms with Crippen LogP contribution in [-0.2, 0) is 4.74 Å². The fourth-order valence-corrected chi connectivity index (χ4v) is 1.54. The lowest BCUT2D eigenvalue weighted by Crippen LogP contribution is -2.07. The van der Waals surface area contributed by atoms with Gasteiger partial charge in [0.1, 0.15) is 11.4 Å². The normalized spacial score (nSPS) is 10.5. The van der Waals surface area contributed by atoms with Crippen molar-refractivity contribution >= 4 is 22.8 Å². The molecule has 0 unspecified atom stereocenters. The number of benzene rings is 1. The molecule has 0 atom stereocenters. The van der Waals surface area contributed by atoms with Gasteiger partial charge in [-0.25, -0.2) is 14.0 Å². The van der Waals surface area contributed by atoms with Gasteiger partial charge in [-0.2, -0.15) is 5.10 Å². The summed E-state index contributed by atoms with van der Waals surface area (Å²) in [5.41, 5.74) is -0.597. The van der Waals surface area contributed by atoms with Crippen molar-refractivity contribution in [3.05, 3.63) is 29.2 Å².